The number of pyridine rings is 1. The molecule has 1 N–H and O–H groups in total. The number of Topliss-reactive ketones (excluding diaryl/α,β-unsaturated/α-hetero) is 1. The Balaban J connectivity index is 1.53. The minimum absolute atomic E-state index is 0.0180. The van der Waals surface area contributed by atoms with E-state index in [1.165, 1.54) is 41.3 Å². The molecule has 0 saturated carbocycles. The Hall–Kier alpha value is -4.35. The molecule has 1 saturated heterocycles. The summed E-state index contributed by atoms with van der Waals surface area (Å²) >= 11 is 2.66. The molecule has 3 heterocycles. The van der Waals surface area contributed by atoms with Crippen molar-refractivity contribution in [3.63, 3.8) is 0 Å². The molecule has 2 aromatic heterocycles. The summed E-state index contributed by atoms with van der Waals surface area (Å²) in [5.41, 5.74) is 2.47. The minimum atomic E-state index is -0.873. The molecule has 1 fully saturated rings. The molecule has 1 atom stereocenters. The first-order chi connectivity index (χ1) is 19.3. The van der Waals surface area contributed by atoms with Gasteiger partial charge in [-0.1, -0.05) is 61.2 Å². The quantitative estimate of drug-likeness (QED) is 0.111. The highest BCUT2D eigenvalue weighted by molar-refractivity contribution is 8.01. The fourth-order valence-corrected chi connectivity index (χ4v) is 6.30. The van der Waals surface area contributed by atoms with Crippen LogP contribution in [0.1, 0.15) is 42.5 Å². The number of aliphatic hydroxyl groups is 1. The normalized spacial score (nSPS) is 16.5. The van der Waals surface area contributed by atoms with Gasteiger partial charge in [0.25, 0.3) is 10.7 Å². The number of benzene rings is 2. The van der Waals surface area contributed by atoms with Crippen molar-refractivity contribution in [2.45, 2.75) is 34.9 Å². The van der Waals surface area contributed by atoms with Gasteiger partial charge in [0.2, 0.25) is 0 Å². The number of carbonyl (C=O) groups is 2. The van der Waals surface area contributed by atoms with Gasteiger partial charge in [-0.2, -0.15) is 0 Å². The molecule has 1 aliphatic heterocycles. The first-order valence-corrected chi connectivity index (χ1v) is 14.0. The van der Waals surface area contributed by atoms with Gasteiger partial charge in [-0.25, -0.2) is 9.82 Å². The van der Waals surface area contributed by atoms with E-state index >= 15 is 0 Å². The number of anilines is 1. The maximum Gasteiger partial charge on any atom is 0.316 e. The third-order valence-electron chi connectivity index (χ3n) is 6.41. The number of hydrogen-bond donors (Lipinski definition) is 1. The molecule has 40 heavy (non-hydrogen) atoms. The van der Waals surface area contributed by atoms with Crippen molar-refractivity contribution in [2.24, 2.45) is 0 Å². The van der Waals surface area contributed by atoms with Crippen molar-refractivity contribution in [1.82, 2.24) is 9.97 Å². The van der Waals surface area contributed by atoms with Gasteiger partial charge in [0.1, 0.15) is 5.76 Å². The Labute approximate surface area is 238 Å². The standard InChI is InChI=1S/C29H24N4O5S2/c1-17(2)18-6-8-19(9-7-18)25-24(26(34)20-5-4-14-30-15-20)27(35)28(36)32(25)29-31-16-23(40-29)39-22-12-10-21(11-13-22)33(37)38-3/h4-17,25H,1-3H3/p+1. The van der Waals surface area contributed by atoms with Crippen LogP contribution in [-0.2, 0) is 14.4 Å². The number of amides is 1. The SMILES string of the molecule is CO[N+](=O)c1ccc(Sc2cnc(N3C(=O)C(=O)/C(=C(/O)c4cccnc4)C3c3ccc(C(C)C)cc3)s2)cc1. The van der Waals surface area contributed by atoms with Crippen molar-refractivity contribution in [1.29, 1.82) is 0 Å². The van der Waals surface area contributed by atoms with E-state index in [-0.39, 0.29) is 11.3 Å². The third-order valence-corrected chi connectivity index (χ3v) is 8.51. The fourth-order valence-electron chi connectivity index (χ4n) is 4.33. The molecule has 1 unspecified atom stereocenters. The summed E-state index contributed by atoms with van der Waals surface area (Å²) in [6, 6.07) is 16.9. The fraction of sp³-hybridized carbons (Fsp3) is 0.172. The van der Waals surface area contributed by atoms with Crippen molar-refractivity contribution >= 4 is 51.4 Å². The molecule has 9 nitrogen and oxygen atoms in total. The van der Waals surface area contributed by atoms with Crippen LogP contribution >= 0.6 is 23.1 Å². The topological polar surface area (TPSA) is 113 Å². The van der Waals surface area contributed by atoms with E-state index in [9.17, 15) is 19.6 Å². The summed E-state index contributed by atoms with van der Waals surface area (Å²) in [7, 11) is 1.29. The summed E-state index contributed by atoms with van der Waals surface area (Å²) in [4.78, 5) is 54.3. The second kappa shape index (κ2) is 11.4. The minimum Gasteiger partial charge on any atom is -0.507 e. The van der Waals surface area contributed by atoms with E-state index in [4.69, 9.17) is 0 Å². The van der Waals surface area contributed by atoms with E-state index < -0.39 is 17.7 Å². The number of thiazole rings is 1. The summed E-state index contributed by atoms with van der Waals surface area (Å²) in [5, 5.41) is 11.5. The Bertz CT molecular complexity index is 1600. The molecule has 1 aliphatic rings. The van der Waals surface area contributed by atoms with Crippen LogP contribution in [0.15, 0.2) is 93.9 Å². The summed E-state index contributed by atoms with van der Waals surface area (Å²) < 4.78 is 0.775. The second-order valence-electron chi connectivity index (χ2n) is 9.23. The van der Waals surface area contributed by atoms with E-state index in [0.29, 0.717) is 32.8 Å². The molecule has 11 heteroatoms. The molecule has 202 valence electrons. The van der Waals surface area contributed by atoms with Gasteiger partial charge in [0.05, 0.1) is 26.9 Å². The van der Waals surface area contributed by atoms with Gasteiger partial charge < -0.3 is 5.11 Å². The molecule has 0 aliphatic carbocycles. The van der Waals surface area contributed by atoms with E-state index in [1.54, 1.807) is 48.8 Å². The van der Waals surface area contributed by atoms with Crippen LogP contribution in [-0.4, -0.2) is 38.8 Å². The van der Waals surface area contributed by atoms with E-state index in [1.807, 2.05) is 24.3 Å². The molecule has 0 spiro atoms. The summed E-state index contributed by atoms with van der Waals surface area (Å²) in [6.45, 7) is 4.17. The highest BCUT2D eigenvalue weighted by atomic mass is 32.2. The first-order valence-electron chi connectivity index (χ1n) is 12.3. The Kier molecular flexibility index (Phi) is 7.76. The smallest absolute Gasteiger partial charge is 0.316 e. The van der Waals surface area contributed by atoms with Crippen LogP contribution < -0.4 is 4.90 Å². The lowest BCUT2D eigenvalue weighted by Gasteiger charge is -2.23. The van der Waals surface area contributed by atoms with E-state index in [0.717, 1.165) is 14.7 Å². The maximum atomic E-state index is 13.4. The van der Waals surface area contributed by atoms with Crippen molar-refractivity contribution in [2.75, 3.05) is 12.0 Å². The average Bonchev–Trinajstić information content (AvgIpc) is 3.54. The van der Waals surface area contributed by atoms with Crippen LogP contribution in [0.4, 0.5) is 10.8 Å². The zero-order valence-electron chi connectivity index (χ0n) is 21.8. The molecule has 1 amide bonds. The molecule has 2 aromatic carbocycles. The number of hydrogen-bond acceptors (Lipinski definition) is 9. The van der Waals surface area contributed by atoms with Crippen molar-refractivity contribution in [3.05, 3.63) is 106 Å². The van der Waals surface area contributed by atoms with Crippen molar-refractivity contribution < 1.29 is 24.5 Å². The summed E-state index contributed by atoms with van der Waals surface area (Å²) in [6.07, 6.45) is 4.64. The lowest BCUT2D eigenvalue weighted by Crippen LogP contribution is -2.29. The first kappa shape index (κ1) is 27.2. The van der Waals surface area contributed by atoms with Gasteiger partial charge in [-0.3, -0.25) is 19.5 Å². The second-order valence-corrected chi connectivity index (χ2v) is 11.6. The van der Waals surface area contributed by atoms with Gasteiger partial charge in [-0.15, -0.1) is 0 Å². The number of nitrogens with zero attached hydrogens (tertiary/aromatic N) is 4. The number of rotatable bonds is 8. The number of carbonyl (C=O) groups excluding carboxylic acids is 2. The maximum absolute atomic E-state index is 13.4. The Morgan fingerprint density at radius 3 is 2.42 bits per heavy atom. The summed E-state index contributed by atoms with van der Waals surface area (Å²) in [5.74, 6) is -1.55. The Morgan fingerprint density at radius 2 is 1.80 bits per heavy atom. The van der Waals surface area contributed by atoms with Crippen LogP contribution in [0.25, 0.3) is 5.76 Å². The largest absolute Gasteiger partial charge is 0.507 e. The monoisotopic (exact) mass is 573 g/mol. The lowest BCUT2D eigenvalue weighted by molar-refractivity contribution is -0.736. The molecule has 0 radical (unpaired) electrons. The number of ketones is 1. The van der Waals surface area contributed by atoms with Gasteiger partial charge in [0, 0.05) is 35.0 Å². The van der Waals surface area contributed by atoms with Crippen LogP contribution in [0, 0.1) is 4.91 Å². The number of aliphatic hydroxyl groups excluding tert-OH is 1. The number of aromatic nitrogens is 2. The third kappa shape index (κ3) is 5.25. The van der Waals surface area contributed by atoms with E-state index in [2.05, 4.69) is 28.7 Å². The van der Waals surface area contributed by atoms with Crippen LogP contribution in [0.3, 0.4) is 0 Å². The van der Waals surface area contributed by atoms with Crippen molar-refractivity contribution in [3.8, 4) is 0 Å². The molecule has 0 bridgehead atoms. The zero-order chi connectivity index (χ0) is 28.4. The Morgan fingerprint density at radius 1 is 1.07 bits per heavy atom. The molecule has 4 aromatic rings. The van der Waals surface area contributed by atoms with Gasteiger partial charge >= 0.3 is 11.6 Å². The predicted octanol–water partition coefficient (Wildman–Crippen LogP) is 6.41. The zero-order valence-corrected chi connectivity index (χ0v) is 23.5. The molecular weight excluding hydrogens is 548 g/mol. The van der Waals surface area contributed by atoms with Gasteiger partial charge in [-0.05, 0) is 41.3 Å². The predicted molar refractivity (Wildman–Crippen MR) is 153 cm³/mol. The highest BCUT2D eigenvalue weighted by Crippen LogP contribution is 2.45. The highest BCUT2D eigenvalue weighted by Gasteiger charge is 2.48. The van der Waals surface area contributed by atoms with Crippen LogP contribution in [0.5, 0.6) is 0 Å². The molecule has 5 rings (SSSR count). The lowest BCUT2D eigenvalue weighted by atomic mass is 9.93. The average molecular weight is 574 g/mol. The molecular formula is C29H25N4O5S2+. The van der Waals surface area contributed by atoms with Gasteiger partial charge in [0.15, 0.2) is 12.2 Å². The van der Waals surface area contributed by atoms with Crippen LogP contribution in [0.2, 0.25) is 0 Å².